The quantitative estimate of drug-likeness (QED) is 0.702. The summed E-state index contributed by atoms with van der Waals surface area (Å²) >= 11 is 11.7. The van der Waals surface area contributed by atoms with Gasteiger partial charge in [0.2, 0.25) is 0 Å². The molecule has 132 valence electrons. The lowest BCUT2D eigenvalue weighted by atomic mass is 10.0. The zero-order valence-electron chi connectivity index (χ0n) is 13.8. The van der Waals surface area contributed by atoms with Crippen molar-refractivity contribution in [2.45, 2.75) is 25.8 Å². The number of hydrogen-bond donors (Lipinski definition) is 1. The van der Waals surface area contributed by atoms with E-state index in [2.05, 4.69) is 5.32 Å². The summed E-state index contributed by atoms with van der Waals surface area (Å²) in [5, 5.41) is 3.50. The number of ether oxygens (including phenoxy) is 1. The summed E-state index contributed by atoms with van der Waals surface area (Å²) in [5.41, 5.74) is 1.27. The Morgan fingerprint density at radius 1 is 1.08 bits per heavy atom. The van der Waals surface area contributed by atoms with Crippen molar-refractivity contribution in [2.24, 2.45) is 0 Å². The van der Waals surface area contributed by atoms with Gasteiger partial charge >= 0.3 is 5.97 Å². The van der Waals surface area contributed by atoms with Crippen molar-refractivity contribution in [3.8, 4) is 0 Å². The summed E-state index contributed by atoms with van der Waals surface area (Å²) in [4.78, 5) is 24.1. The number of benzene rings is 2. The van der Waals surface area contributed by atoms with Crippen LogP contribution in [0.5, 0.6) is 0 Å². The maximum absolute atomic E-state index is 12.1. The normalized spacial score (nSPS) is 11.6. The number of rotatable bonds is 7. The molecule has 0 aliphatic rings. The highest BCUT2D eigenvalue weighted by Crippen LogP contribution is 2.23. The molecule has 0 radical (unpaired) electrons. The van der Waals surface area contributed by atoms with Gasteiger partial charge in [0.05, 0.1) is 21.7 Å². The van der Waals surface area contributed by atoms with Gasteiger partial charge in [-0.2, -0.15) is 0 Å². The molecule has 0 aromatic heterocycles. The smallest absolute Gasteiger partial charge is 0.338 e. The fraction of sp³-hybridized carbons (Fsp3) is 0.263. The van der Waals surface area contributed by atoms with E-state index in [-0.39, 0.29) is 29.1 Å². The Balaban J connectivity index is 1.92. The first-order chi connectivity index (χ1) is 12.0. The van der Waals surface area contributed by atoms with Gasteiger partial charge in [-0.3, -0.25) is 4.79 Å². The van der Waals surface area contributed by atoms with Crippen molar-refractivity contribution >= 4 is 35.1 Å². The zero-order valence-corrected chi connectivity index (χ0v) is 15.3. The molecule has 0 fully saturated rings. The van der Waals surface area contributed by atoms with Crippen molar-refractivity contribution in [3.05, 3.63) is 69.7 Å². The Bertz CT molecular complexity index is 735. The molecule has 2 aromatic rings. The molecule has 0 saturated carbocycles. The number of hydrogen-bond acceptors (Lipinski definition) is 3. The molecule has 0 aliphatic heterocycles. The first-order valence-corrected chi connectivity index (χ1v) is 8.73. The van der Waals surface area contributed by atoms with Crippen LogP contribution in [0.3, 0.4) is 0 Å². The van der Waals surface area contributed by atoms with Crippen LogP contribution >= 0.6 is 23.2 Å². The Kier molecular flexibility index (Phi) is 7.29. The second kappa shape index (κ2) is 9.44. The van der Waals surface area contributed by atoms with E-state index in [1.54, 1.807) is 0 Å². The molecular weight excluding hydrogens is 361 g/mol. The van der Waals surface area contributed by atoms with E-state index < -0.39 is 5.97 Å². The second-order valence-corrected chi connectivity index (χ2v) is 6.34. The average Bonchev–Trinajstić information content (AvgIpc) is 2.62. The third-order valence-corrected chi connectivity index (χ3v) is 4.34. The van der Waals surface area contributed by atoms with Crippen LogP contribution < -0.4 is 5.32 Å². The summed E-state index contributed by atoms with van der Waals surface area (Å²) in [6.45, 7) is 1.69. The van der Waals surface area contributed by atoms with E-state index in [1.165, 1.54) is 18.2 Å². The summed E-state index contributed by atoms with van der Waals surface area (Å²) in [6.07, 6.45) is 1.72. The number of amides is 1. The molecule has 1 N–H and O–H groups in total. The lowest BCUT2D eigenvalue weighted by Gasteiger charge is -2.18. The predicted molar refractivity (Wildman–Crippen MR) is 99.0 cm³/mol. The van der Waals surface area contributed by atoms with E-state index in [0.29, 0.717) is 5.02 Å². The van der Waals surface area contributed by atoms with Crippen LogP contribution in [0.2, 0.25) is 10.0 Å². The van der Waals surface area contributed by atoms with Gasteiger partial charge in [0.25, 0.3) is 5.91 Å². The number of esters is 1. The van der Waals surface area contributed by atoms with Crippen LogP contribution in [0.4, 0.5) is 0 Å². The maximum atomic E-state index is 12.1. The van der Waals surface area contributed by atoms with Gasteiger partial charge in [0.1, 0.15) is 0 Å². The summed E-state index contributed by atoms with van der Waals surface area (Å²) in [5.74, 6) is -0.976. The third kappa shape index (κ3) is 5.76. The fourth-order valence-corrected chi connectivity index (χ4v) is 2.67. The first-order valence-electron chi connectivity index (χ1n) is 7.97. The molecule has 0 spiro atoms. The fourth-order valence-electron chi connectivity index (χ4n) is 2.37. The minimum absolute atomic E-state index is 0.109. The monoisotopic (exact) mass is 379 g/mol. The van der Waals surface area contributed by atoms with E-state index >= 15 is 0 Å². The Labute approximate surface area is 157 Å². The van der Waals surface area contributed by atoms with Crippen molar-refractivity contribution in [1.29, 1.82) is 0 Å². The first kappa shape index (κ1) is 19.3. The van der Waals surface area contributed by atoms with E-state index in [1.807, 2.05) is 37.3 Å². The molecule has 0 bridgehead atoms. The lowest BCUT2D eigenvalue weighted by molar-refractivity contribution is -0.125. The van der Waals surface area contributed by atoms with Crippen molar-refractivity contribution in [1.82, 2.24) is 5.32 Å². The van der Waals surface area contributed by atoms with Crippen LogP contribution in [-0.2, 0) is 9.53 Å². The van der Waals surface area contributed by atoms with Crippen LogP contribution in [0.25, 0.3) is 0 Å². The summed E-state index contributed by atoms with van der Waals surface area (Å²) in [6, 6.07) is 14.0. The van der Waals surface area contributed by atoms with Crippen molar-refractivity contribution < 1.29 is 14.3 Å². The van der Waals surface area contributed by atoms with Crippen LogP contribution in [0.15, 0.2) is 48.5 Å². The molecule has 1 atom stereocenters. The van der Waals surface area contributed by atoms with Crippen LogP contribution in [0, 0.1) is 0 Å². The predicted octanol–water partition coefficient (Wildman–Crippen LogP) is 4.81. The SMILES string of the molecule is CCC[C@@H](NC(=O)COC(=O)c1ccc(Cl)c(Cl)c1)c1ccccc1. The largest absolute Gasteiger partial charge is 0.452 e. The molecule has 4 nitrogen and oxygen atoms in total. The maximum Gasteiger partial charge on any atom is 0.338 e. The lowest BCUT2D eigenvalue weighted by Crippen LogP contribution is -2.32. The van der Waals surface area contributed by atoms with E-state index in [4.69, 9.17) is 27.9 Å². The molecule has 2 rings (SSSR count). The molecule has 25 heavy (non-hydrogen) atoms. The highest BCUT2D eigenvalue weighted by atomic mass is 35.5. The minimum Gasteiger partial charge on any atom is -0.452 e. The van der Waals surface area contributed by atoms with Gasteiger partial charge in [-0.1, -0.05) is 66.9 Å². The van der Waals surface area contributed by atoms with Gasteiger partial charge in [-0.25, -0.2) is 4.79 Å². The standard InChI is InChI=1S/C19H19Cl2NO3/c1-2-6-17(13-7-4-3-5-8-13)22-18(23)12-25-19(24)14-9-10-15(20)16(21)11-14/h3-5,7-11,17H,2,6,12H2,1H3,(H,22,23)/t17-/m1/s1. The van der Waals surface area contributed by atoms with Gasteiger partial charge in [-0.15, -0.1) is 0 Å². The molecule has 0 saturated heterocycles. The van der Waals surface area contributed by atoms with Crippen LogP contribution in [-0.4, -0.2) is 18.5 Å². The number of carbonyl (C=O) groups excluding carboxylic acids is 2. The second-order valence-electron chi connectivity index (χ2n) is 5.52. The van der Waals surface area contributed by atoms with Gasteiger partial charge in [-0.05, 0) is 30.2 Å². The minimum atomic E-state index is -0.625. The number of halogens is 2. The Morgan fingerprint density at radius 3 is 2.44 bits per heavy atom. The van der Waals surface area contributed by atoms with Gasteiger partial charge in [0.15, 0.2) is 6.61 Å². The van der Waals surface area contributed by atoms with E-state index in [9.17, 15) is 9.59 Å². The molecule has 2 aromatic carbocycles. The summed E-state index contributed by atoms with van der Waals surface area (Å²) in [7, 11) is 0. The molecule has 0 unspecified atom stereocenters. The third-order valence-electron chi connectivity index (χ3n) is 3.60. The van der Waals surface area contributed by atoms with Crippen LogP contribution in [0.1, 0.15) is 41.7 Å². The Morgan fingerprint density at radius 2 is 1.80 bits per heavy atom. The highest BCUT2D eigenvalue weighted by Gasteiger charge is 2.16. The van der Waals surface area contributed by atoms with Crippen molar-refractivity contribution in [3.63, 3.8) is 0 Å². The Hall–Kier alpha value is -2.04. The molecule has 0 aliphatic carbocycles. The number of nitrogens with one attached hydrogen (secondary N) is 1. The topological polar surface area (TPSA) is 55.4 Å². The highest BCUT2D eigenvalue weighted by molar-refractivity contribution is 6.42. The molecular formula is C19H19Cl2NO3. The zero-order chi connectivity index (χ0) is 18.2. The average molecular weight is 380 g/mol. The number of carbonyl (C=O) groups is 2. The summed E-state index contributed by atoms with van der Waals surface area (Å²) < 4.78 is 5.05. The van der Waals surface area contributed by atoms with E-state index in [0.717, 1.165) is 18.4 Å². The molecule has 0 heterocycles. The van der Waals surface area contributed by atoms with Gasteiger partial charge in [0, 0.05) is 0 Å². The van der Waals surface area contributed by atoms with Gasteiger partial charge < -0.3 is 10.1 Å². The molecule has 6 heteroatoms. The van der Waals surface area contributed by atoms with Crippen molar-refractivity contribution in [2.75, 3.05) is 6.61 Å². The molecule has 1 amide bonds.